The van der Waals surface area contributed by atoms with Gasteiger partial charge in [0.05, 0.1) is 0 Å². The van der Waals surface area contributed by atoms with Crippen molar-refractivity contribution in [3.8, 4) is 22.3 Å². The van der Waals surface area contributed by atoms with Crippen LogP contribution in [0.3, 0.4) is 0 Å². The van der Waals surface area contributed by atoms with Crippen molar-refractivity contribution in [1.82, 2.24) is 0 Å². The second-order valence-corrected chi connectivity index (χ2v) is 31.2. The molecular weight excluding hydrogens is 611 g/mol. The minimum absolute atomic E-state index is 0.137. The van der Waals surface area contributed by atoms with Crippen LogP contribution in [0.15, 0.2) is 84.9 Å². The van der Waals surface area contributed by atoms with Crippen LogP contribution in [0.5, 0.6) is 0 Å². The van der Waals surface area contributed by atoms with Crippen molar-refractivity contribution in [2.75, 3.05) is 0 Å². The third kappa shape index (κ3) is 3.87. The molecule has 0 saturated carbocycles. The van der Waals surface area contributed by atoms with Gasteiger partial charge in [0.1, 0.15) is 0 Å². The van der Waals surface area contributed by atoms with Crippen molar-refractivity contribution >= 4 is 0 Å². The molecule has 2 aliphatic rings. The number of fused-ring (bicyclic) bond motifs is 6. The number of hydrogen-bond acceptors (Lipinski definition) is 0. The molecule has 0 spiro atoms. The van der Waals surface area contributed by atoms with E-state index in [-0.39, 0.29) is 10.8 Å². The van der Waals surface area contributed by atoms with E-state index in [4.69, 9.17) is 0 Å². The average molecular weight is 651 g/mol. The fourth-order valence-corrected chi connectivity index (χ4v) is 23.4. The minimum atomic E-state index is -3.19. The molecule has 188 valence electrons. The van der Waals surface area contributed by atoms with Crippen molar-refractivity contribution in [3.05, 3.63) is 118 Å². The molecule has 0 bridgehead atoms. The van der Waals surface area contributed by atoms with Gasteiger partial charge in [0.2, 0.25) is 0 Å². The maximum atomic E-state index is 2.74. The van der Waals surface area contributed by atoms with Crippen LogP contribution < -0.4 is 0 Å². The first kappa shape index (κ1) is 25.1. The summed E-state index contributed by atoms with van der Waals surface area (Å²) in [5, 5.41) is 0. The Bertz CT molecular complexity index is 1410. The molecular formula is C36H40Hf. The SMILES string of the molecule is CC(C)(C)c1ccc2c(c1)[CH]([Hf]([CH3])([CH3])[CH]1c3ccccc3-c3ccccc31)c1cc(C(C)(C)C)ccc1-2. The molecule has 0 nitrogen and oxygen atoms in total. The van der Waals surface area contributed by atoms with E-state index in [2.05, 4.69) is 136 Å². The first-order chi connectivity index (χ1) is 17.4. The Labute approximate surface area is 228 Å². The van der Waals surface area contributed by atoms with Gasteiger partial charge >= 0.3 is 230 Å². The zero-order valence-corrected chi connectivity index (χ0v) is 27.3. The Morgan fingerprint density at radius 3 is 1.22 bits per heavy atom. The average Bonchev–Trinajstić information content (AvgIpc) is 3.36. The summed E-state index contributed by atoms with van der Waals surface area (Å²) in [6.45, 7) is 14.1. The summed E-state index contributed by atoms with van der Waals surface area (Å²) in [7, 11) is 0. The van der Waals surface area contributed by atoms with E-state index in [1.165, 1.54) is 33.4 Å². The van der Waals surface area contributed by atoms with Crippen molar-refractivity contribution < 1.29 is 20.0 Å². The second kappa shape index (κ2) is 8.37. The Morgan fingerprint density at radius 2 is 0.811 bits per heavy atom. The van der Waals surface area contributed by atoms with Gasteiger partial charge in [-0.25, -0.2) is 0 Å². The van der Waals surface area contributed by atoms with Crippen molar-refractivity contribution in [3.63, 3.8) is 0 Å². The summed E-state index contributed by atoms with van der Waals surface area (Å²) in [5.41, 5.74) is 15.4. The van der Waals surface area contributed by atoms with E-state index in [9.17, 15) is 0 Å². The Morgan fingerprint density at radius 1 is 0.459 bits per heavy atom. The molecule has 0 saturated heterocycles. The van der Waals surface area contributed by atoms with Gasteiger partial charge < -0.3 is 0 Å². The summed E-state index contributed by atoms with van der Waals surface area (Å²) in [6.07, 6.45) is 0. The molecule has 0 radical (unpaired) electrons. The summed E-state index contributed by atoms with van der Waals surface area (Å²) in [6, 6.07) is 33.3. The fraction of sp³-hybridized carbons (Fsp3) is 0.333. The third-order valence-electron chi connectivity index (χ3n) is 9.07. The van der Waals surface area contributed by atoms with Gasteiger partial charge in [-0.15, -0.1) is 0 Å². The zero-order valence-electron chi connectivity index (χ0n) is 23.7. The van der Waals surface area contributed by atoms with Crippen molar-refractivity contribution in [2.45, 2.75) is 69.1 Å². The molecule has 1 heteroatoms. The number of benzene rings is 4. The van der Waals surface area contributed by atoms with E-state index < -0.39 is 20.0 Å². The zero-order chi connectivity index (χ0) is 26.3. The molecule has 0 N–H and O–H groups in total. The Balaban J connectivity index is 1.62. The number of hydrogen-bond donors (Lipinski definition) is 0. The predicted molar refractivity (Wildman–Crippen MR) is 157 cm³/mol. The molecule has 0 aromatic heterocycles. The summed E-state index contributed by atoms with van der Waals surface area (Å²) in [5.74, 6) is 0. The molecule has 0 atom stereocenters. The molecule has 0 amide bonds. The van der Waals surface area contributed by atoms with Crippen LogP contribution >= 0.6 is 0 Å². The van der Waals surface area contributed by atoms with E-state index in [0.717, 1.165) is 0 Å². The Hall–Kier alpha value is -2.25. The summed E-state index contributed by atoms with van der Waals surface area (Å²) in [4.78, 5) is 0. The molecule has 4 aromatic carbocycles. The van der Waals surface area contributed by atoms with Gasteiger partial charge in [-0.3, -0.25) is 0 Å². The Kier molecular flexibility index (Phi) is 5.67. The fourth-order valence-electron chi connectivity index (χ4n) is 7.12. The van der Waals surface area contributed by atoms with Crippen LogP contribution in [0.25, 0.3) is 22.3 Å². The monoisotopic (exact) mass is 652 g/mol. The van der Waals surface area contributed by atoms with Crippen LogP contribution in [0.1, 0.15) is 82.3 Å². The van der Waals surface area contributed by atoms with Gasteiger partial charge in [-0.05, 0) is 0 Å². The predicted octanol–water partition coefficient (Wildman–Crippen LogP) is 10.4. The van der Waals surface area contributed by atoms with Crippen molar-refractivity contribution in [1.29, 1.82) is 0 Å². The quantitative estimate of drug-likeness (QED) is 0.189. The molecule has 0 unspecified atom stereocenters. The molecule has 4 aromatic rings. The first-order valence-electron chi connectivity index (χ1n) is 13.9. The van der Waals surface area contributed by atoms with Gasteiger partial charge in [-0.2, -0.15) is 0 Å². The first-order valence-corrected chi connectivity index (χ1v) is 25.2. The molecule has 37 heavy (non-hydrogen) atoms. The second-order valence-electron chi connectivity index (χ2n) is 14.0. The van der Waals surface area contributed by atoms with Crippen LogP contribution in [-0.2, 0) is 30.8 Å². The van der Waals surface area contributed by atoms with Gasteiger partial charge in [0.25, 0.3) is 0 Å². The molecule has 6 rings (SSSR count). The normalized spacial score (nSPS) is 15.4. The topological polar surface area (TPSA) is 0 Å². The molecule has 2 aliphatic carbocycles. The van der Waals surface area contributed by atoms with Gasteiger partial charge in [0, 0.05) is 0 Å². The van der Waals surface area contributed by atoms with Gasteiger partial charge in [-0.1, -0.05) is 0 Å². The summed E-state index contributed by atoms with van der Waals surface area (Å²) >= 11 is -3.19. The van der Waals surface area contributed by atoms with E-state index in [1.807, 2.05) is 0 Å². The maximum absolute atomic E-state index is 3.19. The van der Waals surface area contributed by atoms with E-state index in [0.29, 0.717) is 7.35 Å². The molecule has 0 fully saturated rings. The van der Waals surface area contributed by atoms with Crippen LogP contribution in [0.4, 0.5) is 0 Å². The van der Waals surface area contributed by atoms with E-state index in [1.54, 1.807) is 22.3 Å². The molecule has 0 aliphatic heterocycles. The van der Waals surface area contributed by atoms with E-state index >= 15 is 0 Å². The number of rotatable bonds is 2. The third-order valence-corrected chi connectivity index (χ3v) is 24.2. The van der Waals surface area contributed by atoms with Crippen LogP contribution in [0.2, 0.25) is 9.36 Å². The molecule has 0 heterocycles. The summed E-state index contributed by atoms with van der Waals surface area (Å²) < 4.78 is 6.58. The van der Waals surface area contributed by atoms with Crippen LogP contribution in [0, 0.1) is 0 Å². The van der Waals surface area contributed by atoms with Crippen LogP contribution in [-0.4, -0.2) is 0 Å². The standard InChI is InChI=1S/C21H25.C13H9.2CH3.Hf/c1-20(2,3)16-7-9-18-14(12-16)11-15-13-17(21(4,5)6)8-10-19(15)18;1-3-7-12-10(5-1)9-11-6-2-4-8-13(11)12;;;/h7-13H,1-6H3;1-9H;2*1H3;. The van der Waals surface area contributed by atoms with Gasteiger partial charge in [0.15, 0.2) is 0 Å². The van der Waals surface area contributed by atoms with Crippen molar-refractivity contribution in [2.24, 2.45) is 0 Å².